The number of H-pyrrole nitrogens is 1. The number of nitrogens with one attached hydrogen (secondary N) is 2. The topological polar surface area (TPSA) is 57.8 Å². The molecule has 0 radical (unpaired) electrons. The molecule has 0 spiro atoms. The Balaban J connectivity index is 2.06. The van der Waals surface area contributed by atoms with Crippen LogP contribution >= 0.6 is 23.5 Å². The quantitative estimate of drug-likeness (QED) is 0.883. The number of hydrogen-bond acceptors (Lipinski definition) is 5. The first-order valence-electron chi connectivity index (χ1n) is 6.17. The van der Waals surface area contributed by atoms with Gasteiger partial charge in [-0.05, 0) is 0 Å². The minimum absolute atomic E-state index is 0.00989. The second kappa shape index (κ2) is 6.63. The molecule has 1 unspecified atom stereocenters. The van der Waals surface area contributed by atoms with E-state index in [4.69, 9.17) is 0 Å². The molecule has 4 nitrogen and oxygen atoms in total. The van der Waals surface area contributed by atoms with E-state index < -0.39 is 0 Å². The Kier molecular flexibility index (Phi) is 5.14. The van der Waals surface area contributed by atoms with Crippen LogP contribution in [0.4, 0.5) is 0 Å². The predicted molar refractivity (Wildman–Crippen MR) is 79.4 cm³/mol. The van der Waals surface area contributed by atoms with Gasteiger partial charge in [-0.25, -0.2) is 4.98 Å². The molecule has 6 heteroatoms. The van der Waals surface area contributed by atoms with Crippen LogP contribution in [0.2, 0.25) is 0 Å². The summed E-state index contributed by atoms with van der Waals surface area (Å²) in [5.41, 5.74) is 0.699. The van der Waals surface area contributed by atoms with Crippen molar-refractivity contribution < 1.29 is 0 Å². The van der Waals surface area contributed by atoms with Crippen molar-refractivity contribution in [2.75, 3.05) is 17.3 Å². The van der Waals surface area contributed by atoms with E-state index in [-0.39, 0.29) is 5.56 Å². The molecule has 0 amide bonds. The summed E-state index contributed by atoms with van der Waals surface area (Å²) in [5.74, 6) is 4.19. The lowest BCUT2D eigenvalue weighted by Crippen LogP contribution is -2.27. The third-order valence-electron chi connectivity index (χ3n) is 2.71. The largest absolute Gasteiger partial charge is 0.310 e. The lowest BCUT2D eigenvalue weighted by molar-refractivity contribution is 0.583. The van der Waals surface area contributed by atoms with E-state index in [0.29, 0.717) is 23.4 Å². The second-order valence-electron chi connectivity index (χ2n) is 4.59. The Morgan fingerprint density at radius 1 is 1.56 bits per heavy atom. The average molecular weight is 285 g/mol. The molecule has 0 aromatic carbocycles. The Hall–Kier alpha value is -0.460. The molecule has 18 heavy (non-hydrogen) atoms. The van der Waals surface area contributed by atoms with Crippen molar-refractivity contribution in [3.63, 3.8) is 0 Å². The van der Waals surface area contributed by atoms with E-state index in [9.17, 15) is 4.79 Å². The summed E-state index contributed by atoms with van der Waals surface area (Å²) < 4.78 is 0. The van der Waals surface area contributed by atoms with Gasteiger partial charge < -0.3 is 10.3 Å². The number of nitrogens with zero attached hydrogens (tertiary/aromatic N) is 1. The molecule has 100 valence electrons. The summed E-state index contributed by atoms with van der Waals surface area (Å²) in [6.07, 6.45) is 1.71. The van der Waals surface area contributed by atoms with Gasteiger partial charge in [-0.2, -0.15) is 11.8 Å². The van der Waals surface area contributed by atoms with Gasteiger partial charge in [0.2, 0.25) is 0 Å². The van der Waals surface area contributed by atoms with Crippen molar-refractivity contribution >= 4 is 23.5 Å². The van der Waals surface area contributed by atoms with Crippen LogP contribution < -0.4 is 10.9 Å². The SMILES string of the molecule is CC(C)NCc1cnc(C2CSCCS2)[nH]c1=O. The summed E-state index contributed by atoms with van der Waals surface area (Å²) in [7, 11) is 0. The van der Waals surface area contributed by atoms with E-state index in [2.05, 4.69) is 29.1 Å². The first-order chi connectivity index (χ1) is 8.66. The van der Waals surface area contributed by atoms with Crippen molar-refractivity contribution in [2.45, 2.75) is 31.7 Å². The molecule has 1 saturated heterocycles. The van der Waals surface area contributed by atoms with Crippen LogP contribution in [0.5, 0.6) is 0 Å². The fraction of sp³-hybridized carbons (Fsp3) is 0.667. The van der Waals surface area contributed by atoms with Crippen LogP contribution in [0.1, 0.15) is 30.5 Å². The Bertz CT molecular complexity index is 441. The summed E-state index contributed by atoms with van der Waals surface area (Å²) in [4.78, 5) is 19.3. The first-order valence-corrected chi connectivity index (χ1v) is 8.38. The Morgan fingerprint density at radius 2 is 2.39 bits per heavy atom. The summed E-state index contributed by atoms with van der Waals surface area (Å²) in [6.45, 7) is 4.70. The molecule has 2 rings (SSSR count). The van der Waals surface area contributed by atoms with Crippen molar-refractivity contribution in [2.24, 2.45) is 0 Å². The van der Waals surface area contributed by atoms with Gasteiger partial charge in [0.25, 0.3) is 5.56 Å². The van der Waals surface area contributed by atoms with Crippen LogP contribution in [0, 0.1) is 0 Å². The maximum absolute atomic E-state index is 11.9. The fourth-order valence-electron chi connectivity index (χ4n) is 1.68. The number of aromatic nitrogens is 2. The first kappa shape index (κ1) is 14.0. The summed E-state index contributed by atoms with van der Waals surface area (Å²) in [5, 5.41) is 3.57. The molecule has 0 bridgehead atoms. The molecule has 1 aromatic rings. The van der Waals surface area contributed by atoms with Crippen LogP contribution in [0.3, 0.4) is 0 Å². The van der Waals surface area contributed by atoms with E-state index >= 15 is 0 Å². The van der Waals surface area contributed by atoms with Gasteiger partial charge in [0.05, 0.1) is 5.25 Å². The molecule has 1 aliphatic rings. The number of thioether (sulfide) groups is 2. The van der Waals surface area contributed by atoms with Crippen LogP contribution in [-0.2, 0) is 6.54 Å². The van der Waals surface area contributed by atoms with Crippen LogP contribution in [-0.4, -0.2) is 33.3 Å². The van der Waals surface area contributed by atoms with Crippen LogP contribution in [0.15, 0.2) is 11.0 Å². The molecule has 1 atom stereocenters. The van der Waals surface area contributed by atoms with E-state index in [0.717, 1.165) is 17.3 Å². The lowest BCUT2D eigenvalue weighted by Gasteiger charge is -2.20. The minimum atomic E-state index is -0.00989. The predicted octanol–water partition coefficient (Wildman–Crippen LogP) is 1.79. The van der Waals surface area contributed by atoms with Crippen LogP contribution in [0.25, 0.3) is 0 Å². The molecule has 0 aliphatic carbocycles. The Labute approximate surface area is 116 Å². The van der Waals surface area contributed by atoms with Gasteiger partial charge in [0.1, 0.15) is 5.82 Å². The van der Waals surface area contributed by atoms with Gasteiger partial charge in [0, 0.05) is 41.6 Å². The van der Waals surface area contributed by atoms with Gasteiger partial charge in [0.15, 0.2) is 0 Å². The zero-order chi connectivity index (χ0) is 13.0. The van der Waals surface area contributed by atoms with Gasteiger partial charge >= 0.3 is 0 Å². The Morgan fingerprint density at radius 3 is 3.00 bits per heavy atom. The van der Waals surface area contributed by atoms with Crippen molar-refractivity contribution in [3.8, 4) is 0 Å². The zero-order valence-corrected chi connectivity index (χ0v) is 12.4. The molecule has 1 aromatic heterocycles. The molecule has 1 aliphatic heterocycles. The van der Waals surface area contributed by atoms with Crippen molar-refractivity contribution in [3.05, 3.63) is 27.9 Å². The second-order valence-corrected chi connectivity index (χ2v) is 7.05. The monoisotopic (exact) mass is 285 g/mol. The van der Waals surface area contributed by atoms with E-state index in [1.54, 1.807) is 6.20 Å². The van der Waals surface area contributed by atoms with Gasteiger partial charge in [-0.1, -0.05) is 13.8 Å². The van der Waals surface area contributed by atoms with Gasteiger partial charge in [-0.3, -0.25) is 4.79 Å². The number of rotatable bonds is 4. The standard InChI is InChI=1S/C12H19N3OS2/c1-8(2)13-5-9-6-14-11(15-12(9)16)10-7-17-3-4-18-10/h6,8,10,13H,3-5,7H2,1-2H3,(H,14,15,16). The van der Waals surface area contributed by atoms with E-state index in [1.807, 2.05) is 23.5 Å². The minimum Gasteiger partial charge on any atom is -0.310 e. The van der Waals surface area contributed by atoms with Crippen molar-refractivity contribution in [1.29, 1.82) is 0 Å². The fourth-order valence-corrected chi connectivity index (χ4v) is 4.31. The number of hydrogen-bond donors (Lipinski definition) is 2. The normalized spacial score (nSPS) is 20.3. The summed E-state index contributed by atoms with van der Waals surface area (Å²) >= 11 is 3.81. The molecule has 1 fully saturated rings. The summed E-state index contributed by atoms with van der Waals surface area (Å²) in [6, 6.07) is 0.370. The molecular formula is C12H19N3OS2. The molecule has 2 heterocycles. The smallest absolute Gasteiger partial charge is 0.255 e. The third-order valence-corrected chi connectivity index (χ3v) is 5.48. The maximum atomic E-state index is 11.9. The molecule has 2 N–H and O–H groups in total. The highest BCUT2D eigenvalue weighted by Crippen LogP contribution is 2.34. The highest BCUT2D eigenvalue weighted by molar-refractivity contribution is 8.06. The van der Waals surface area contributed by atoms with Gasteiger partial charge in [-0.15, -0.1) is 11.8 Å². The van der Waals surface area contributed by atoms with E-state index in [1.165, 1.54) is 5.75 Å². The maximum Gasteiger partial charge on any atom is 0.255 e. The average Bonchev–Trinajstić information content (AvgIpc) is 2.38. The lowest BCUT2D eigenvalue weighted by atomic mass is 10.3. The zero-order valence-electron chi connectivity index (χ0n) is 10.7. The van der Waals surface area contributed by atoms with Crippen molar-refractivity contribution in [1.82, 2.24) is 15.3 Å². The highest BCUT2D eigenvalue weighted by atomic mass is 32.2. The third kappa shape index (κ3) is 3.76. The number of aromatic amines is 1. The highest BCUT2D eigenvalue weighted by Gasteiger charge is 2.19. The molecular weight excluding hydrogens is 266 g/mol. The molecule has 0 saturated carbocycles.